The Balaban J connectivity index is 3.01. The average Bonchev–Trinajstić information content (AvgIpc) is 2.54. The first-order valence-corrected chi connectivity index (χ1v) is 8.10. The molecule has 1 aromatic rings. The van der Waals surface area contributed by atoms with Crippen molar-refractivity contribution in [2.75, 3.05) is 26.7 Å². The van der Waals surface area contributed by atoms with Crippen LogP contribution in [-0.2, 0) is 15.2 Å². The van der Waals surface area contributed by atoms with Gasteiger partial charge >= 0.3 is 0 Å². The predicted octanol–water partition coefficient (Wildman–Crippen LogP) is 1.86. The molecule has 23 heavy (non-hydrogen) atoms. The number of carbonyl (C=O) groups is 2. The average molecular weight is 320 g/mol. The monoisotopic (exact) mass is 320 g/mol. The molecule has 0 saturated carbocycles. The van der Waals surface area contributed by atoms with Gasteiger partial charge in [0, 0.05) is 20.1 Å². The Hall–Kier alpha value is -1.88. The Labute approximate surface area is 138 Å². The van der Waals surface area contributed by atoms with E-state index in [1.807, 2.05) is 19.9 Å². The van der Waals surface area contributed by atoms with Crippen LogP contribution in [0, 0.1) is 5.92 Å². The van der Waals surface area contributed by atoms with Gasteiger partial charge in [-0.05, 0) is 25.3 Å². The van der Waals surface area contributed by atoms with Gasteiger partial charge in [0.15, 0.2) is 5.60 Å². The number of hydrogen-bond acceptors (Lipinski definition) is 3. The highest BCUT2D eigenvalue weighted by molar-refractivity contribution is 5.90. The van der Waals surface area contributed by atoms with Crippen molar-refractivity contribution in [3.05, 3.63) is 35.9 Å². The Morgan fingerprint density at radius 2 is 1.65 bits per heavy atom. The van der Waals surface area contributed by atoms with E-state index in [0.717, 1.165) is 0 Å². The van der Waals surface area contributed by atoms with Crippen molar-refractivity contribution < 1.29 is 14.7 Å². The molecule has 0 heterocycles. The van der Waals surface area contributed by atoms with Gasteiger partial charge in [0.05, 0.1) is 6.54 Å². The van der Waals surface area contributed by atoms with E-state index in [4.69, 9.17) is 0 Å². The quantitative estimate of drug-likeness (QED) is 0.834. The first kappa shape index (κ1) is 19.2. The van der Waals surface area contributed by atoms with Gasteiger partial charge in [-0.1, -0.05) is 44.2 Å². The van der Waals surface area contributed by atoms with Gasteiger partial charge in [0.1, 0.15) is 0 Å². The van der Waals surface area contributed by atoms with Crippen molar-refractivity contribution in [1.82, 2.24) is 9.80 Å². The molecule has 0 radical (unpaired) electrons. The maximum atomic E-state index is 12.8. The molecule has 0 fully saturated rings. The molecule has 5 heteroatoms. The van der Waals surface area contributed by atoms with E-state index < -0.39 is 11.5 Å². The largest absolute Gasteiger partial charge is 0.375 e. The minimum absolute atomic E-state index is 0.0393. The molecule has 1 rings (SSSR count). The molecule has 0 aliphatic carbocycles. The highest BCUT2D eigenvalue weighted by atomic mass is 16.3. The zero-order chi connectivity index (χ0) is 17.6. The number of likely N-dealkylation sites (N-methyl/N-ethyl adjacent to an activating group) is 2. The van der Waals surface area contributed by atoms with Crippen molar-refractivity contribution in [1.29, 1.82) is 0 Å². The topological polar surface area (TPSA) is 60.9 Å². The van der Waals surface area contributed by atoms with Crippen molar-refractivity contribution in [3.8, 4) is 0 Å². The zero-order valence-electron chi connectivity index (χ0n) is 14.7. The first-order chi connectivity index (χ1) is 10.8. The summed E-state index contributed by atoms with van der Waals surface area (Å²) in [4.78, 5) is 28.0. The van der Waals surface area contributed by atoms with E-state index in [1.165, 1.54) is 4.90 Å². The highest BCUT2D eigenvalue weighted by Gasteiger charge is 2.43. The summed E-state index contributed by atoms with van der Waals surface area (Å²) in [7, 11) is 1.56. The molecule has 0 aromatic heterocycles. The van der Waals surface area contributed by atoms with E-state index in [-0.39, 0.29) is 18.4 Å². The Bertz CT molecular complexity index is 526. The van der Waals surface area contributed by atoms with Gasteiger partial charge in [0.25, 0.3) is 5.91 Å². The second-order valence-corrected chi connectivity index (χ2v) is 6.01. The molecule has 2 amide bonds. The van der Waals surface area contributed by atoms with Crippen molar-refractivity contribution in [3.63, 3.8) is 0 Å². The zero-order valence-corrected chi connectivity index (χ0v) is 14.7. The number of benzene rings is 1. The third kappa shape index (κ3) is 4.10. The standard InChI is InChI=1S/C18H28N2O3/c1-6-20(7-2)16(21)13-19(5)17(22)18(23,14(3)4)15-11-9-8-10-12-15/h8-12,14,23H,6-7,13H2,1-5H3. The fourth-order valence-electron chi connectivity index (χ4n) is 2.64. The van der Waals surface area contributed by atoms with Crippen molar-refractivity contribution >= 4 is 11.8 Å². The molecule has 0 spiro atoms. The summed E-state index contributed by atoms with van der Waals surface area (Å²) >= 11 is 0. The minimum Gasteiger partial charge on any atom is -0.375 e. The Morgan fingerprint density at radius 3 is 2.09 bits per heavy atom. The summed E-state index contributed by atoms with van der Waals surface area (Å²) in [6.45, 7) is 8.56. The number of amides is 2. The minimum atomic E-state index is -1.64. The number of hydrogen-bond donors (Lipinski definition) is 1. The van der Waals surface area contributed by atoms with Gasteiger partial charge in [-0.15, -0.1) is 0 Å². The number of carbonyl (C=O) groups excluding carboxylic acids is 2. The molecule has 1 N–H and O–H groups in total. The molecule has 0 aliphatic rings. The van der Waals surface area contributed by atoms with Crippen LogP contribution in [0.1, 0.15) is 33.3 Å². The number of aliphatic hydroxyl groups is 1. The van der Waals surface area contributed by atoms with Crippen LogP contribution in [0.4, 0.5) is 0 Å². The maximum absolute atomic E-state index is 12.8. The first-order valence-electron chi connectivity index (χ1n) is 8.10. The summed E-state index contributed by atoms with van der Waals surface area (Å²) in [5, 5.41) is 11.0. The van der Waals surface area contributed by atoms with Crippen LogP contribution >= 0.6 is 0 Å². The Morgan fingerprint density at radius 1 is 1.13 bits per heavy atom. The molecule has 0 bridgehead atoms. The van der Waals surface area contributed by atoms with E-state index in [9.17, 15) is 14.7 Å². The lowest BCUT2D eigenvalue weighted by molar-refractivity contribution is -0.159. The van der Waals surface area contributed by atoms with Crippen LogP contribution in [-0.4, -0.2) is 53.4 Å². The molecule has 0 saturated heterocycles. The molecule has 1 aromatic carbocycles. The van der Waals surface area contributed by atoms with E-state index >= 15 is 0 Å². The van der Waals surface area contributed by atoms with Gasteiger partial charge in [0.2, 0.25) is 5.91 Å². The maximum Gasteiger partial charge on any atom is 0.259 e. The molecule has 5 nitrogen and oxygen atoms in total. The van der Waals surface area contributed by atoms with Crippen molar-refractivity contribution in [2.45, 2.75) is 33.3 Å². The molecule has 1 atom stereocenters. The van der Waals surface area contributed by atoms with Gasteiger partial charge < -0.3 is 14.9 Å². The lowest BCUT2D eigenvalue weighted by Crippen LogP contribution is -2.51. The van der Waals surface area contributed by atoms with Crippen molar-refractivity contribution in [2.24, 2.45) is 5.92 Å². The van der Waals surface area contributed by atoms with Crippen LogP contribution in [0.25, 0.3) is 0 Å². The molecular formula is C18H28N2O3. The number of nitrogens with zero attached hydrogens (tertiary/aromatic N) is 2. The van der Waals surface area contributed by atoms with Gasteiger partial charge in [-0.25, -0.2) is 0 Å². The molecule has 128 valence electrons. The second-order valence-electron chi connectivity index (χ2n) is 6.01. The van der Waals surface area contributed by atoms with Gasteiger partial charge in [-0.3, -0.25) is 9.59 Å². The lowest BCUT2D eigenvalue weighted by Gasteiger charge is -2.35. The summed E-state index contributed by atoms with van der Waals surface area (Å²) in [5.41, 5.74) is -1.10. The summed E-state index contributed by atoms with van der Waals surface area (Å²) in [6.07, 6.45) is 0. The van der Waals surface area contributed by atoms with E-state index in [2.05, 4.69) is 0 Å². The summed E-state index contributed by atoms with van der Waals surface area (Å²) in [5.74, 6) is -0.896. The molecular weight excluding hydrogens is 292 g/mol. The second kappa shape index (κ2) is 8.11. The SMILES string of the molecule is CCN(CC)C(=O)CN(C)C(=O)C(O)(c1ccccc1)C(C)C. The third-order valence-electron chi connectivity index (χ3n) is 4.21. The molecule has 0 aliphatic heterocycles. The Kier molecular flexibility index (Phi) is 6.76. The normalized spacial score (nSPS) is 13.5. The fourth-order valence-corrected chi connectivity index (χ4v) is 2.64. The molecule has 1 unspecified atom stereocenters. The lowest BCUT2D eigenvalue weighted by atomic mass is 9.82. The van der Waals surface area contributed by atoms with E-state index in [0.29, 0.717) is 18.7 Å². The smallest absolute Gasteiger partial charge is 0.259 e. The fraction of sp³-hybridized carbons (Fsp3) is 0.556. The van der Waals surface area contributed by atoms with Crippen LogP contribution in [0.2, 0.25) is 0 Å². The van der Waals surface area contributed by atoms with E-state index in [1.54, 1.807) is 50.1 Å². The number of rotatable bonds is 7. The van der Waals surface area contributed by atoms with Crippen LogP contribution in [0.3, 0.4) is 0 Å². The van der Waals surface area contributed by atoms with Crippen LogP contribution in [0.15, 0.2) is 30.3 Å². The van der Waals surface area contributed by atoms with Gasteiger partial charge in [-0.2, -0.15) is 0 Å². The van der Waals surface area contributed by atoms with Crippen LogP contribution < -0.4 is 0 Å². The predicted molar refractivity (Wildman–Crippen MR) is 90.7 cm³/mol. The summed E-state index contributed by atoms with van der Waals surface area (Å²) in [6, 6.07) is 8.88. The highest BCUT2D eigenvalue weighted by Crippen LogP contribution is 2.31. The van der Waals surface area contributed by atoms with Crippen LogP contribution in [0.5, 0.6) is 0 Å². The third-order valence-corrected chi connectivity index (χ3v) is 4.21. The summed E-state index contributed by atoms with van der Waals surface area (Å²) < 4.78 is 0.